The zero-order valence-electron chi connectivity index (χ0n) is 22.7. The van der Waals surface area contributed by atoms with Gasteiger partial charge in [0.25, 0.3) is 10.0 Å². The molecular formula is C32H29N3O5S. The van der Waals surface area contributed by atoms with Crippen molar-refractivity contribution in [1.82, 2.24) is 13.9 Å². The lowest BCUT2D eigenvalue weighted by molar-refractivity contribution is 0.103. The number of carbonyl (C=O) groups is 2. The zero-order chi connectivity index (χ0) is 29.1. The van der Waals surface area contributed by atoms with E-state index < -0.39 is 16.1 Å². The third kappa shape index (κ3) is 5.62. The van der Waals surface area contributed by atoms with E-state index in [2.05, 4.69) is 0 Å². The summed E-state index contributed by atoms with van der Waals surface area (Å²) >= 11 is 0. The normalized spacial score (nSPS) is 11.5. The van der Waals surface area contributed by atoms with Crippen molar-refractivity contribution in [3.63, 3.8) is 0 Å². The minimum Gasteiger partial charge on any atom is -0.464 e. The van der Waals surface area contributed by atoms with E-state index in [0.29, 0.717) is 27.4 Å². The van der Waals surface area contributed by atoms with E-state index >= 15 is 0 Å². The number of hydrogen-bond donors (Lipinski definition) is 1. The Morgan fingerprint density at radius 3 is 2.20 bits per heavy atom. The molecule has 5 aromatic rings. The first kappa shape index (κ1) is 27.8. The molecule has 9 heteroatoms. The number of imidazole rings is 1. The average Bonchev–Trinajstić information content (AvgIpc) is 3.35. The summed E-state index contributed by atoms with van der Waals surface area (Å²) < 4.78 is 28.5. The summed E-state index contributed by atoms with van der Waals surface area (Å²) in [5.74, 6) is 0.766. The first-order valence-corrected chi connectivity index (χ1v) is 14.7. The first-order valence-electron chi connectivity index (χ1n) is 13.2. The summed E-state index contributed by atoms with van der Waals surface area (Å²) in [7, 11) is -4.19. The summed E-state index contributed by atoms with van der Waals surface area (Å²) in [5, 5.41) is 9.66. The highest BCUT2D eigenvalue weighted by atomic mass is 32.2. The molecule has 1 N–H and O–H groups in total. The number of sulfonamides is 1. The maximum Gasteiger partial charge on any atom is 0.421 e. The number of ketones is 1. The lowest BCUT2D eigenvalue weighted by atomic mass is 10.0. The van der Waals surface area contributed by atoms with E-state index in [0.717, 1.165) is 28.2 Å². The van der Waals surface area contributed by atoms with Gasteiger partial charge in [-0.05, 0) is 61.4 Å². The molecule has 0 aliphatic heterocycles. The third-order valence-electron chi connectivity index (χ3n) is 6.96. The van der Waals surface area contributed by atoms with Crippen molar-refractivity contribution in [3.8, 4) is 5.69 Å². The van der Waals surface area contributed by atoms with Crippen molar-refractivity contribution < 1.29 is 23.1 Å². The number of hydrogen-bond acceptors (Lipinski definition) is 5. The van der Waals surface area contributed by atoms with Gasteiger partial charge >= 0.3 is 6.09 Å². The van der Waals surface area contributed by atoms with Crippen molar-refractivity contribution in [2.45, 2.75) is 31.6 Å². The molecule has 0 fully saturated rings. The van der Waals surface area contributed by atoms with Crippen LogP contribution in [0.15, 0.2) is 102 Å². The Balaban J connectivity index is 1.38. The highest BCUT2D eigenvalue weighted by Gasteiger charge is 2.28. The van der Waals surface area contributed by atoms with E-state index in [1.807, 2.05) is 73.0 Å². The van der Waals surface area contributed by atoms with Gasteiger partial charge in [-0.1, -0.05) is 67.1 Å². The van der Waals surface area contributed by atoms with Crippen LogP contribution in [0.4, 0.5) is 4.79 Å². The second-order valence-corrected chi connectivity index (χ2v) is 11.6. The van der Waals surface area contributed by atoms with Gasteiger partial charge in [-0.2, -0.15) is 0 Å². The molecule has 0 aliphatic carbocycles. The second kappa shape index (κ2) is 11.4. The van der Waals surface area contributed by atoms with Crippen molar-refractivity contribution >= 4 is 32.9 Å². The molecule has 0 aliphatic rings. The molecule has 0 bridgehead atoms. The molecule has 0 saturated heterocycles. The van der Waals surface area contributed by atoms with Gasteiger partial charge in [0.15, 0.2) is 5.78 Å². The van der Waals surface area contributed by atoms with Crippen LogP contribution >= 0.6 is 0 Å². The molecule has 1 aromatic heterocycles. The van der Waals surface area contributed by atoms with Crippen LogP contribution < -0.4 is 0 Å². The molecule has 1 heterocycles. The lowest BCUT2D eigenvalue weighted by Crippen LogP contribution is -2.37. The number of aryl methyl sites for hydroxylation is 2. The van der Waals surface area contributed by atoms with Crippen LogP contribution in [-0.2, 0) is 22.9 Å². The number of benzene rings is 4. The largest absolute Gasteiger partial charge is 0.464 e. The summed E-state index contributed by atoms with van der Waals surface area (Å²) in [6.45, 7) is 3.63. The smallest absolute Gasteiger partial charge is 0.421 e. The molecule has 0 radical (unpaired) electrons. The number of carbonyl (C=O) groups excluding carboxylic acids is 1. The number of rotatable bonds is 9. The van der Waals surface area contributed by atoms with Crippen molar-refractivity contribution in [2.24, 2.45) is 0 Å². The summed E-state index contributed by atoms with van der Waals surface area (Å²) in [5.41, 5.74) is 5.28. The van der Waals surface area contributed by atoms with Gasteiger partial charge in [0, 0.05) is 29.8 Å². The molecule has 208 valence electrons. The predicted molar refractivity (Wildman–Crippen MR) is 157 cm³/mol. The molecule has 41 heavy (non-hydrogen) atoms. The van der Waals surface area contributed by atoms with Gasteiger partial charge < -0.3 is 5.11 Å². The van der Waals surface area contributed by atoms with Gasteiger partial charge in [-0.25, -0.2) is 22.5 Å². The topological polar surface area (TPSA) is 110 Å². The number of carboxylic acid groups (broad SMARTS) is 1. The third-order valence-corrected chi connectivity index (χ3v) is 8.75. The van der Waals surface area contributed by atoms with Gasteiger partial charge in [0.2, 0.25) is 0 Å². The van der Waals surface area contributed by atoms with E-state index in [4.69, 9.17) is 4.98 Å². The van der Waals surface area contributed by atoms with Gasteiger partial charge in [0.05, 0.1) is 15.9 Å². The molecule has 5 rings (SSSR count). The van der Waals surface area contributed by atoms with Gasteiger partial charge in [0.1, 0.15) is 5.82 Å². The standard InChI is InChI=1S/C32H29N3O5S/c1-3-30-33-28-21-25(31(36)24-7-5-4-6-8-24)13-18-29(28)35(30)26-14-11-23(12-15-26)19-20-34(32(37)38)41(39,40)27-16-9-22(2)10-17-27/h4-18,21H,3,19-20H2,1-2H3,(H,37,38). The van der Waals surface area contributed by atoms with Crippen LogP contribution in [0.3, 0.4) is 0 Å². The summed E-state index contributed by atoms with van der Waals surface area (Å²) in [6.07, 6.45) is -0.638. The molecular weight excluding hydrogens is 538 g/mol. The Hall–Kier alpha value is -4.76. The average molecular weight is 568 g/mol. The van der Waals surface area contributed by atoms with E-state index in [-0.39, 0.29) is 23.6 Å². The van der Waals surface area contributed by atoms with Crippen molar-refractivity contribution in [3.05, 3.63) is 125 Å². The van der Waals surface area contributed by atoms with Crippen LogP contribution in [0.1, 0.15) is 39.8 Å². The molecule has 0 atom stereocenters. The zero-order valence-corrected chi connectivity index (χ0v) is 23.5. The highest BCUT2D eigenvalue weighted by molar-refractivity contribution is 7.89. The van der Waals surface area contributed by atoms with Crippen LogP contribution in [0.2, 0.25) is 0 Å². The second-order valence-electron chi connectivity index (χ2n) is 9.70. The molecule has 0 unspecified atom stereocenters. The minimum absolute atomic E-state index is 0.0615. The molecule has 0 spiro atoms. The van der Waals surface area contributed by atoms with E-state index in [1.54, 1.807) is 30.3 Å². The Morgan fingerprint density at radius 2 is 1.56 bits per heavy atom. The Bertz CT molecular complexity index is 1830. The van der Waals surface area contributed by atoms with Crippen LogP contribution in [-0.4, -0.2) is 45.8 Å². The van der Waals surface area contributed by atoms with E-state index in [9.17, 15) is 23.1 Å². The molecule has 1 amide bonds. The monoisotopic (exact) mass is 567 g/mol. The van der Waals surface area contributed by atoms with Crippen LogP contribution in [0.5, 0.6) is 0 Å². The fourth-order valence-corrected chi connectivity index (χ4v) is 6.02. The maximum atomic E-state index is 13.0. The Kier molecular flexibility index (Phi) is 7.72. The van der Waals surface area contributed by atoms with Gasteiger partial charge in [-0.15, -0.1) is 0 Å². The minimum atomic E-state index is -4.19. The van der Waals surface area contributed by atoms with Crippen molar-refractivity contribution in [1.29, 1.82) is 0 Å². The lowest BCUT2D eigenvalue weighted by Gasteiger charge is -2.19. The molecule has 0 saturated carbocycles. The SMILES string of the molecule is CCc1nc2cc(C(=O)c3ccccc3)ccc2n1-c1ccc(CCN(C(=O)O)S(=O)(=O)c2ccc(C)cc2)cc1. The van der Waals surface area contributed by atoms with E-state index in [1.165, 1.54) is 12.1 Å². The predicted octanol–water partition coefficient (Wildman–Crippen LogP) is 6.04. The molecule has 8 nitrogen and oxygen atoms in total. The number of nitrogens with zero attached hydrogens (tertiary/aromatic N) is 3. The quantitative estimate of drug-likeness (QED) is 0.218. The maximum absolute atomic E-state index is 13.0. The number of fused-ring (bicyclic) bond motifs is 1. The van der Waals surface area contributed by atoms with Crippen LogP contribution in [0.25, 0.3) is 16.7 Å². The van der Waals surface area contributed by atoms with Gasteiger partial charge in [-0.3, -0.25) is 9.36 Å². The van der Waals surface area contributed by atoms with Crippen molar-refractivity contribution in [2.75, 3.05) is 6.54 Å². The summed E-state index contributed by atoms with van der Waals surface area (Å²) in [6, 6.07) is 28.2. The Morgan fingerprint density at radius 1 is 0.878 bits per heavy atom. The highest BCUT2D eigenvalue weighted by Crippen LogP contribution is 2.25. The molecule has 4 aromatic carbocycles. The fraction of sp³-hybridized carbons (Fsp3) is 0.156. The number of aromatic nitrogens is 2. The first-order chi connectivity index (χ1) is 19.7. The fourth-order valence-electron chi connectivity index (χ4n) is 4.75. The summed E-state index contributed by atoms with van der Waals surface area (Å²) in [4.78, 5) is 29.5. The van der Waals surface area contributed by atoms with Crippen LogP contribution in [0, 0.1) is 6.92 Å². The number of amides is 1. The Labute approximate surface area is 238 Å².